The highest BCUT2D eigenvalue weighted by atomic mass is 16.5. The molecule has 99 valence electrons. The number of methoxy groups -OCH3 is 2. The van der Waals surface area contributed by atoms with Crippen molar-refractivity contribution in [3.05, 3.63) is 24.9 Å². The van der Waals surface area contributed by atoms with Gasteiger partial charge in [0.05, 0.1) is 19.9 Å². The molecule has 4 heteroatoms. The largest absolute Gasteiger partial charge is 0.497 e. The summed E-state index contributed by atoms with van der Waals surface area (Å²) in [5.41, 5.74) is 1.08. The lowest BCUT2D eigenvalue weighted by molar-refractivity contribution is 0.320. The fourth-order valence-electron chi connectivity index (χ4n) is 2.11. The lowest BCUT2D eigenvalue weighted by Gasteiger charge is -2.23. The molecule has 4 nitrogen and oxygen atoms in total. The van der Waals surface area contributed by atoms with E-state index >= 15 is 0 Å². The van der Waals surface area contributed by atoms with Crippen LogP contribution in [-0.2, 0) is 0 Å². The standard InChI is InChI=1S/C14H21N2O2/c1-11(2)15-7-8-16(10-15)13-6-5-12(17-3)9-14(13)18-4/h5-6,9-11H,7-8H2,1-4H3. The summed E-state index contributed by atoms with van der Waals surface area (Å²) in [4.78, 5) is 4.54. The third kappa shape index (κ3) is 2.53. The Kier molecular flexibility index (Phi) is 3.97. The van der Waals surface area contributed by atoms with Gasteiger partial charge in [-0.15, -0.1) is 0 Å². The van der Waals surface area contributed by atoms with Crippen molar-refractivity contribution in [3.8, 4) is 11.5 Å². The summed E-state index contributed by atoms with van der Waals surface area (Å²) in [6.45, 7) is 8.60. The molecule has 1 radical (unpaired) electrons. The van der Waals surface area contributed by atoms with Crippen molar-refractivity contribution in [2.45, 2.75) is 19.9 Å². The molecule has 1 fully saturated rings. The van der Waals surface area contributed by atoms with Crippen LogP contribution in [0.2, 0.25) is 0 Å². The maximum absolute atomic E-state index is 5.44. The van der Waals surface area contributed by atoms with Crippen molar-refractivity contribution < 1.29 is 9.47 Å². The zero-order chi connectivity index (χ0) is 13.1. The van der Waals surface area contributed by atoms with Crippen LogP contribution in [0, 0.1) is 6.67 Å². The molecule has 2 rings (SSSR count). The maximum Gasteiger partial charge on any atom is 0.145 e. The van der Waals surface area contributed by atoms with Crippen LogP contribution in [0.1, 0.15) is 13.8 Å². The maximum atomic E-state index is 5.44. The van der Waals surface area contributed by atoms with Crippen molar-refractivity contribution in [2.24, 2.45) is 0 Å². The van der Waals surface area contributed by atoms with Crippen molar-refractivity contribution in [3.63, 3.8) is 0 Å². The third-order valence-corrected chi connectivity index (χ3v) is 3.25. The Morgan fingerprint density at radius 2 is 1.89 bits per heavy atom. The number of ether oxygens (including phenoxy) is 2. The molecule has 0 spiro atoms. The van der Waals surface area contributed by atoms with Crippen LogP contribution in [-0.4, -0.2) is 38.3 Å². The SMILES string of the molecule is COc1ccc(N2[CH]N(C(C)C)CC2)c(OC)c1. The van der Waals surface area contributed by atoms with Gasteiger partial charge in [-0.05, 0) is 26.0 Å². The first-order valence-corrected chi connectivity index (χ1v) is 6.25. The number of hydrogen-bond acceptors (Lipinski definition) is 4. The van der Waals surface area contributed by atoms with Gasteiger partial charge >= 0.3 is 0 Å². The summed E-state index contributed by atoms with van der Waals surface area (Å²) in [7, 11) is 3.35. The number of benzene rings is 1. The Morgan fingerprint density at radius 1 is 1.11 bits per heavy atom. The summed E-state index contributed by atoms with van der Waals surface area (Å²) >= 11 is 0. The Hall–Kier alpha value is -1.42. The molecule has 1 aliphatic heterocycles. The second-order valence-electron chi connectivity index (χ2n) is 4.68. The van der Waals surface area contributed by atoms with Crippen LogP contribution in [0.4, 0.5) is 5.69 Å². The van der Waals surface area contributed by atoms with Gasteiger partial charge in [0.25, 0.3) is 0 Å². The molecule has 0 aliphatic carbocycles. The monoisotopic (exact) mass is 249 g/mol. The first-order valence-electron chi connectivity index (χ1n) is 6.25. The number of nitrogens with zero attached hydrogens (tertiary/aromatic N) is 2. The summed E-state index contributed by atoms with van der Waals surface area (Å²) in [6.07, 6.45) is 0. The smallest absolute Gasteiger partial charge is 0.145 e. The summed E-state index contributed by atoms with van der Waals surface area (Å²) < 4.78 is 10.7. The van der Waals surface area contributed by atoms with Gasteiger partial charge in [0.1, 0.15) is 18.2 Å². The van der Waals surface area contributed by atoms with Crippen LogP contribution in [0.25, 0.3) is 0 Å². The highest BCUT2D eigenvalue weighted by Crippen LogP contribution is 2.34. The fourth-order valence-corrected chi connectivity index (χ4v) is 2.11. The third-order valence-electron chi connectivity index (χ3n) is 3.25. The van der Waals surface area contributed by atoms with Crippen LogP contribution in [0.3, 0.4) is 0 Å². The first-order chi connectivity index (χ1) is 8.65. The van der Waals surface area contributed by atoms with Crippen LogP contribution in [0.5, 0.6) is 11.5 Å². The zero-order valence-electron chi connectivity index (χ0n) is 11.5. The molecule has 1 aliphatic rings. The summed E-state index contributed by atoms with van der Waals surface area (Å²) in [6, 6.07) is 6.45. The van der Waals surface area contributed by atoms with E-state index in [4.69, 9.17) is 9.47 Å². The van der Waals surface area contributed by atoms with E-state index in [1.807, 2.05) is 18.2 Å². The second kappa shape index (κ2) is 5.48. The van der Waals surface area contributed by atoms with Gasteiger partial charge in [-0.3, -0.25) is 4.90 Å². The molecule has 1 saturated heterocycles. The second-order valence-corrected chi connectivity index (χ2v) is 4.68. The van der Waals surface area contributed by atoms with Gasteiger partial charge in [0.2, 0.25) is 0 Å². The fraction of sp³-hybridized carbons (Fsp3) is 0.500. The molecule has 18 heavy (non-hydrogen) atoms. The topological polar surface area (TPSA) is 24.9 Å². The van der Waals surface area contributed by atoms with E-state index in [-0.39, 0.29) is 0 Å². The summed E-state index contributed by atoms with van der Waals surface area (Å²) in [5, 5.41) is 0. The van der Waals surface area contributed by atoms with E-state index in [1.165, 1.54) is 0 Å². The van der Waals surface area contributed by atoms with Crippen molar-refractivity contribution in [1.82, 2.24) is 4.90 Å². The van der Waals surface area contributed by atoms with Gasteiger partial charge in [0.15, 0.2) is 0 Å². The minimum absolute atomic E-state index is 0.527. The Bertz CT molecular complexity index is 407. The Morgan fingerprint density at radius 3 is 2.44 bits per heavy atom. The molecule has 0 N–H and O–H groups in total. The average Bonchev–Trinajstić information content (AvgIpc) is 2.87. The van der Waals surface area contributed by atoms with E-state index in [2.05, 4.69) is 30.3 Å². The molecule has 0 bridgehead atoms. The zero-order valence-corrected chi connectivity index (χ0v) is 11.5. The predicted molar refractivity (Wildman–Crippen MR) is 73.0 cm³/mol. The minimum Gasteiger partial charge on any atom is -0.497 e. The first kappa shape index (κ1) is 13.0. The number of anilines is 1. The molecule has 1 heterocycles. The quantitative estimate of drug-likeness (QED) is 0.818. The lowest BCUT2D eigenvalue weighted by atomic mass is 10.2. The van der Waals surface area contributed by atoms with E-state index in [0.717, 1.165) is 30.3 Å². The van der Waals surface area contributed by atoms with Gasteiger partial charge in [-0.25, -0.2) is 0 Å². The van der Waals surface area contributed by atoms with Crippen molar-refractivity contribution in [1.29, 1.82) is 0 Å². The molecular weight excluding hydrogens is 228 g/mol. The molecule has 0 saturated carbocycles. The lowest BCUT2D eigenvalue weighted by Crippen LogP contribution is -2.26. The Balaban J connectivity index is 2.18. The highest BCUT2D eigenvalue weighted by Gasteiger charge is 2.25. The Labute approximate surface area is 109 Å². The van der Waals surface area contributed by atoms with Crippen molar-refractivity contribution in [2.75, 3.05) is 32.2 Å². The van der Waals surface area contributed by atoms with Crippen LogP contribution in [0.15, 0.2) is 18.2 Å². The molecule has 0 atom stereocenters. The molecule has 0 aromatic heterocycles. The van der Waals surface area contributed by atoms with Crippen molar-refractivity contribution >= 4 is 5.69 Å². The van der Waals surface area contributed by atoms with Gasteiger partial charge in [-0.1, -0.05) is 0 Å². The van der Waals surface area contributed by atoms with E-state index < -0.39 is 0 Å². The van der Waals surface area contributed by atoms with Gasteiger partial charge in [-0.2, -0.15) is 0 Å². The van der Waals surface area contributed by atoms with E-state index in [0.29, 0.717) is 6.04 Å². The average molecular weight is 249 g/mol. The number of hydrogen-bond donors (Lipinski definition) is 0. The molecule has 1 aromatic carbocycles. The van der Waals surface area contributed by atoms with E-state index in [9.17, 15) is 0 Å². The predicted octanol–water partition coefficient (Wildman–Crippen LogP) is 2.35. The van der Waals surface area contributed by atoms with Gasteiger partial charge < -0.3 is 14.4 Å². The van der Waals surface area contributed by atoms with Crippen LogP contribution < -0.4 is 14.4 Å². The highest BCUT2D eigenvalue weighted by molar-refractivity contribution is 5.62. The van der Waals surface area contributed by atoms with Gasteiger partial charge in [0, 0.05) is 25.2 Å². The normalized spacial score (nSPS) is 16.4. The number of rotatable bonds is 4. The molecular formula is C14H21N2O2. The minimum atomic E-state index is 0.527. The van der Waals surface area contributed by atoms with Crippen LogP contribution >= 0.6 is 0 Å². The molecule has 0 unspecified atom stereocenters. The summed E-state index contributed by atoms with van der Waals surface area (Å²) in [5.74, 6) is 1.66. The molecule has 0 amide bonds. The molecule has 1 aromatic rings. The van der Waals surface area contributed by atoms with E-state index in [1.54, 1.807) is 14.2 Å².